The Morgan fingerprint density at radius 2 is 2.12 bits per heavy atom. The second-order valence-electron chi connectivity index (χ2n) is 5.13. The van der Waals surface area contributed by atoms with Crippen LogP contribution in [-0.4, -0.2) is 23.0 Å². The molecule has 1 aromatic heterocycles. The predicted octanol–water partition coefficient (Wildman–Crippen LogP) is 1.95. The van der Waals surface area contributed by atoms with Crippen molar-refractivity contribution in [3.63, 3.8) is 0 Å². The van der Waals surface area contributed by atoms with Crippen molar-refractivity contribution in [2.45, 2.75) is 33.2 Å². The number of amides is 1. The maximum absolute atomic E-state index is 11.7. The van der Waals surface area contributed by atoms with E-state index in [-0.39, 0.29) is 11.4 Å². The number of pyridine rings is 1. The molecule has 0 unspecified atom stereocenters. The van der Waals surface area contributed by atoms with Crippen LogP contribution in [0.3, 0.4) is 0 Å². The van der Waals surface area contributed by atoms with Crippen LogP contribution in [0.4, 0.5) is 11.5 Å². The molecule has 0 aromatic carbocycles. The molecule has 0 radical (unpaired) electrons. The van der Waals surface area contributed by atoms with Gasteiger partial charge in [0.15, 0.2) is 5.82 Å². The Hall–Kier alpha value is -1.58. The van der Waals surface area contributed by atoms with E-state index in [2.05, 4.69) is 31.1 Å². The minimum absolute atomic E-state index is 0.0264. The highest BCUT2D eigenvalue weighted by Crippen LogP contribution is 2.33. The monoisotopic (exact) mass is 219 g/mol. The fraction of sp³-hybridized carbons (Fsp3) is 0.500. The molecule has 0 aliphatic carbocycles. The molecule has 0 atom stereocenters. The van der Waals surface area contributed by atoms with Crippen molar-refractivity contribution in [3.05, 3.63) is 17.8 Å². The molecule has 86 valence electrons. The van der Waals surface area contributed by atoms with Gasteiger partial charge >= 0.3 is 0 Å². The molecule has 1 N–H and O–H groups in total. The SMILES string of the molecule is Cc1ccnc2c1NC(=O)CN2C(C)(C)C. The molecule has 4 nitrogen and oxygen atoms in total. The minimum atomic E-state index is -0.104. The molecule has 1 aliphatic heterocycles. The van der Waals surface area contributed by atoms with Crippen LogP contribution in [-0.2, 0) is 4.79 Å². The number of hydrogen-bond donors (Lipinski definition) is 1. The second kappa shape index (κ2) is 3.47. The summed E-state index contributed by atoms with van der Waals surface area (Å²) in [7, 11) is 0. The lowest BCUT2D eigenvalue weighted by Gasteiger charge is -2.40. The summed E-state index contributed by atoms with van der Waals surface area (Å²) in [4.78, 5) is 18.1. The molecule has 0 bridgehead atoms. The number of fused-ring (bicyclic) bond motifs is 1. The van der Waals surface area contributed by atoms with Crippen LogP contribution in [0.15, 0.2) is 12.3 Å². The van der Waals surface area contributed by atoms with E-state index in [1.807, 2.05) is 17.9 Å². The molecule has 0 spiro atoms. The van der Waals surface area contributed by atoms with E-state index in [1.165, 1.54) is 0 Å². The van der Waals surface area contributed by atoms with E-state index in [9.17, 15) is 4.79 Å². The van der Waals surface area contributed by atoms with Crippen LogP contribution in [0.2, 0.25) is 0 Å². The number of aryl methyl sites for hydroxylation is 1. The largest absolute Gasteiger partial charge is 0.341 e. The fourth-order valence-corrected chi connectivity index (χ4v) is 1.86. The number of nitrogens with zero attached hydrogens (tertiary/aromatic N) is 2. The average Bonchev–Trinajstić information content (AvgIpc) is 2.17. The summed E-state index contributed by atoms with van der Waals surface area (Å²) in [5.41, 5.74) is 1.79. The first-order valence-electron chi connectivity index (χ1n) is 5.42. The molecule has 2 rings (SSSR count). The number of carbonyl (C=O) groups is 1. The Morgan fingerprint density at radius 1 is 1.44 bits per heavy atom. The number of rotatable bonds is 0. The van der Waals surface area contributed by atoms with Crippen molar-refractivity contribution in [1.82, 2.24) is 4.98 Å². The van der Waals surface area contributed by atoms with Gasteiger partial charge in [0.05, 0.1) is 12.2 Å². The first-order chi connectivity index (χ1) is 7.39. The van der Waals surface area contributed by atoms with Gasteiger partial charge in [0.1, 0.15) is 0 Å². The summed E-state index contributed by atoms with van der Waals surface area (Å²) in [6.45, 7) is 8.60. The highest BCUT2D eigenvalue weighted by molar-refractivity contribution is 6.01. The van der Waals surface area contributed by atoms with Crippen molar-refractivity contribution >= 4 is 17.4 Å². The van der Waals surface area contributed by atoms with Crippen LogP contribution >= 0.6 is 0 Å². The third-order valence-corrected chi connectivity index (χ3v) is 2.77. The van der Waals surface area contributed by atoms with Gasteiger partial charge in [-0.05, 0) is 39.3 Å². The molecule has 0 fully saturated rings. The number of aromatic nitrogens is 1. The van der Waals surface area contributed by atoms with Crippen LogP contribution < -0.4 is 10.2 Å². The number of nitrogens with one attached hydrogen (secondary N) is 1. The van der Waals surface area contributed by atoms with Gasteiger partial charge in [0.25, 0.3) is 0 Å². The Bertz CT molecular complexity index is 434. The minimum Gasteiger partial charge on any atom is -0.341 e. The Balaban J connectivity index is 2.55. The maximum atomic E-state index is 11.7. The highest BCUT2D eigenvalue weighted by atomic mass is 16.2. The normalized spacial score (nSPS) is 15.8. The van der Waals surface area contributed by atoms with E-state index in [1.54, 1.807) is 6.20 Å². The predicted molar refractivity (Wildman–Crippen MR) is 64.7 cm³/mol. The van der Waals surface area contributed by atoms with Gasteiger partial charge in [-0.25, -0.2) is 4.98 Å². The molecule has 2 heterocycles. The maximum Gasteiger partial charge on any atom is 0.244 e. The first-order valence-corrected chi connectivity index (χ1v) is 5.42. The molecule has 1 aliphatic rings. The van der Waals surface area contributed by atoms with Gasteiger partial charge in [-0.15, -0.1) is 0 Å². The van der Waals surface area contributed by atoms with Gasteiger partial charge in [0.2, 0.25) is 5.91 Å². The van der Waals surface area contributed by atoms with Gasteiger partial charge in [-0.3, -0.25) is 4.79 Å². The second-order valence-corrected chi connectivity index (χ2v) is 5.13. The number of hydrogen-bond acceptors (Lipinski definition) is 3. The summed E-state index contributed by atoms with van der Waals surface area (Å²) in [6.07, 6.45) is 1.78. The lowest BCUT2D eigenvalue weighted by atomic mass is 10.0. The summed E-state index contributed by atoms with van der Waals surface area (Å²) in [5.74, 6) is 0.894. The van der Waals surface area contributed by atoms with Crippen molar-refractivity contribution in [3.8, 4) is 0 Å². The third kappa shape index (κ3) is 1.75. The molecule has 4 heteroatoms. The zero-order valence-corrected chi connectivity index (χ0v) is 10.2. The van der Waals surface area contributed by atoms with Crippen LogP contribution in [0.5, 0.6) is 0 Å². The van der Waals surface area contributed by atoms with E-state index in [0.717, 1.165) is 17.1 Å². The lowest BCUT2D eigenvalue weighted by molar-refractivity contribution is -0.115. The van der Waals surface area contributed by atoms with Crippen molar-refractivity contribution < 1.29 is 4.79 Å². The molecule has 1 aromatic rings. The lowest BCUT2D eigenvalue weighted by Crippen LogP contribution is -2.49. The Morgan fingerprint density at radius 3 is 2.75 bits per heavy atom. The molecule has 0 saturated carbocycles. The zero-order chi connectivity index (χ0) is 11.9. The molecule has 0 saturated heterocycles. The van der Waals surface area contributed by atoms with E-state index >= 15 is 0 Å². The summed E-state index contributed by atoms with van der Waals surface area (Å²) in [5, 5.41) is 2.89. The number of anilines is 2. The van der Waals surface area contributed by atoms with Gasteiger partial charge in [0, 0.05) is 11.7 Å². The van der Waals surface area contributed by atoms with Crippen molar-refractivity contribution in [2.24, 2.45) is 0 Å². The van der Waals surface area contributed by atoms with Gasteiger partial charge in [-0.1, -0.05) is 0 Å². The Kier molecular flexibility index (Phi) is 2.37. The zero-order valence-electron chi connectivity index (χ0n) is 10.2. The average molecular weight is 219 g/mol. The standard InChI is InChI=1S/C12H17N3O/c1-8-5-6-13-11-10(8)14-9(16)7-15(11)12(2,3)4/h5-6H,7H2,1-4H3,(H,14,16). The highest BCUT2D eigenvalue weighted by Gasteiger charge is 2.31. The molecule has 16 heavy (non-hydrogen) atoms. The van der Waals surface area contributed by atoms with Crippen molar-refractivity contribution in [2.75, 3.05) is 16.8 Å². The molecular formula is C12H17N3O. The first kappa shape index (κ1) is 10.9. The van der Waals surface area contributed by atoms with Gasteiger partial charge < -0.3 is 10.2 Å². The number of carbonyl (C=O) groups excluding carboxylic acids is 1. The smallest absolute Gasteiger partial charge is 0.244 e. The van der Waals surface area contributed by atoms with Crippen LogP contribution in [0.1, 0.15) is 26.3 Å². The van der Waals surface area contributed by atoms with E-state index < -0.39 is 0 Å². The fourth-order valence-electron chi connectivity index (χ4n) is 1.86. The van der Waals surface area contributed by atoms with Crippen LogP contribution in [0.25, 0.3) is 0 Å². The summed E-state index contributed by atoms with van der Waals surface area (Å²) < 4.78 is 0. The van der Waals surface area contributed by atoms with E-state index in [0.29, 0.717) is 6.54 Å². The molecule has 1 amide bonds. The third-order valence-electron chi connectivity index (χ3n) is 2.77. The Labute approximate surface area is 95.7 Å². The van der Waals surface area contributed by atoms with E-state index in [4.69, 9.17) is 0 Å². The van der Waals surface area contributed by atoms with Crippen molar-refractivity contribution in [1.29, 1.82) is 0 Å². The summed E-state index contributed by atoms with van der Waals surface area (Å²) in [6, 6.07) is 1.91. The van der Waals surface area contributed by atoms with Gasteiger partial charge in [-0.2, -0.15) is 0 Å². The topological polar surface area (TPSA) is 45.2 Å². The van der Waals surface area contributed by atoms with Crippen LogP contribution in [0, 0.1) is 6.92 Å². The summed E-state index contributed by atoms with van der Waals surface area (Å²) >= 11 is 0. The molecular weight excluding hydrogens is 202 g/mol. The quantitative estimate of drug-likeness (QED) is 0.725.